The Labute approximate surface area is 123 Å². The number of amides is 1. The van der Waals surface area contributed by atoms with E-state index in [4.69, 9.17) is 0 Å². The summed E-state index contributed by atoms with van der Waals surface area (Å²) >= 11 is 0. The van der Waals surface area contributed by atoms with Gasteiger partial charge in [-0.25, -0.2) is 15.3 Å². The van der Waals surface area contributed by atoms with Gasteiger partial charge in [-0.15, -0.1) is 5.10 Å². The molecule has 0 radical (unpaired) electrons. The zero-order valence-corrected chi connectivity index (χ0v) is 11.4. The molecule has 1 amide bonds. The summed E-state index contributed by atoms with van der Waals surface area (Å²) in [6.45, 7) is 0.160. The Morgan fingerprint density at radius 3 is 2.95 bits per heavy atom. The van der Waals surface area contributed by atoms with Crippen LogP contribution in [0.3, 0.4) is 0 Å². The van der Waals surface area contributed by atoms with Crippen LogP contribution < -0.4 is 22.0 Å². The van der Waals surface area contributed by atoms with E-state index >= 15 is 0 Å². The second-order valence-electron chi connectivity index (χ2n) is 4.08. The standard InChI is InChI=1S/C12H13N7O3/c20-9(17-15-7-8-3-1-2-5-13-8)4-6-14-10-11(21)16-12(22)19-18-10/h1-3,5,7H,4,6H2,(H,14,18)(H,17,20)(H2,16,19,21,22). The van der Waals surface area contributed by atoms with Crippen molar-refractivity contribution in [2.24, 2.45) is 5.10 Å². The van der Waals surface area contributed by atoms with Crippen LogP contribution in [-0.4, -0.2) is 38.8 Å². The third-order valence-electron chi connectivity index (χ3n) is 2.43. The highest BCUT2D eigenvalue weighted by Crippen LogP contribution is 1.89. The summed E-state index contributed by atoms with van der Waals surface area (Å²) in [5, 5.41) is 12.0. The largest absolute Gasteiger partial charge is 0.364 e. The average Bonchev–Trinajstić information content (AvgIpc) is 2.50. The lowest BCUT2D eigenvalue weighted by atomic mass is 10.4. The van der Waals surface area contributed by atoms with Gasteiger partial charge in [-0.3, -0.25) is 19.6 Å². The van der Waals surface area contributed by atoms with E-state index in [0.717, 1.165) is 0 Å². The molecule has 22 heavy (non-hydrogen) atoms. The van der Waals surface area contributed by atoms with Crippen LogP contribution in [0.2, 0.25) is 0 Å². The zero-order valence-electron chi connectivity index (χ0n) is 11.4. The highest BCUT2D eigenvalue weighted by molar-refractivity contribution is 5.80. The maximum atomic E-state index is 11.5. The van der Waals surface area contributed by atoms with Crippen molar-refractivity contribution in [3.8, 4) is 0 Å². The molecule has 0 unspecified atom stereocenters. The Morgan fingerprint density at radius 1 is 1.36 bits per heavy atom. The molecular formula is C12H13N7O3. The number of aromatic amines is 2. The smallest absolute Gasteiger partial charge is 0.342 e. The molecule has 0 aliphatic rings. The number of aromatic nitrogens is 4. The van der Waals surface area contributed by atoms with Gasteiger partial charge in [-0.05, 0) is 12.1 Å². The van der Waals surface area contributed by atoms with Crippen LogP contribution in [0.15, 0.2) is 39.1 Å². The number of nitrogens with zero attached hydrogens (tertiary/aromatic N) is 3. The van der Waals surface area contributed by atoms with Gasteiger partial charge in [0.25, 0.3) is 5.56 Å². The van der Waals surface area contributed by atoms with Crippen molar-refractivity contribution in [3.63, 3.8) is 0 Å². The Kier molecular flexibility index (Phi) is 5.13. The van der Waals surface area contributed by atoms with Crippen molar-refractivity contribution in [2.45, 2.75) is 6.42 Å². The summed E-state index contributed by atoms with van der Waals surface area (Å²) in [4.78, 5) is 39.6. The molecule has 0 saturated carbocycles. The molecular weight excluding hydrogens is 290 g/mol. The predicted octanol–water partition coefficient (Wildman–Crippen LogP) is -1.19. The van der Waals surface area contributed by atoms with E-state index in [2.05, 4.69) is 31.0 Å². The van der Waals surface area contributed by atoms with E-state index in [0.29, 0.717) is 5.69 Å². The first kappa shape index (κ1) is 15.1. The van der Waals surface area contributed by atoms with Gasteiger partial charge in [0, 0.05) is 19.2 Å². The van der Waals surface area contributed by atoms with E-state index in [9.17, 15) is 14.4 Å². The minimum Gasteiger partial charge on any atom is -0.364 e. The van der Waals surface area contributed by atoms with E-state index in [1.165, 1.54) is 6.21 Å². The van der Waals surface area contributed by atoms with E-state index < -0.39 is 11.2 Å². The highest BCUT2D eigenvalue weighted by Gasteiger charge is 2.03. The first-order valence-corrected chi connectivity index (χ1v) is 6.31. The summed E-state index contributed by atoms with van der Waals surface area (Å²) < 4.78 is 0. The van der Waals surface area contributed by atoms with Crippen LogP contribution in [0.4, 0.5) is 5.82 Å². The van der Waals surface area contributed by atoms with Gasteiger partial charge in [0.1, 0.15) is 0 Å². The Morgan fingerprint density at radius 2 is 2.23 bits per heavy atom. The van der Waals surface area contributed by atoms with Crippen molar-refractivity contribution in [1.82, 2.24) is 25.6 Å². The molecule has 0 saturated heterocycles. The summed E-state index contributed by atoms with van der Waals surface area (Å²) in [5.74, 6) is -0.412. The molecule has 114 valence electrons. The quantitative estimate of drug-likeness (QED) is 0.390. The van der Waals surface area contributed by atoms with Crippen molar-refractivity contribution < 1.29 is 4.79 Å². The second-order valence-corrected chi connectivity index (χ2v) is 4.08. The number of hydrogen-bond acceptors (Lipinski definition) is 7. The van der Waals surface area contributed by atoms with Gasteiger partial charge in [-0.1, -0.05) is 6.07 Å². The zero-order chi connectivity index (χ0) is 15.8. The molecule has 4 N–H and O–H groups in total. The average molecular weight is 303 g/mol. The molecule has 0 fully saturated rings. The first-order valence-electron chi connectivity index (χ1n) is 6.31. The van der Waals surface area contributed by atoms with E-state index in [-0.39, 0.29) is 24.7 Å². The third-order valence-corrected chi connectivity index (χ3v) is 2.43. The highest BCUT2D eigenvalue weighted by atomic mass is 16.2. The van der Waals surface area contributed by atoms with Crippen molar-refractivity contribution in [1.29, 1.82) is 0 Å². The van der Waals surface area contributed by atoms with Crippen LogP contribution in [-0.2, 0) is 4.79 Å². The van der Waals surface area contributed by atoms with Crippen molar-refractivity contribution in [2.75, 3.05) is 11.9 Å². The van der Waals surface area contributed by atoms with Gasteiger partial charge in [0.05, 0.1) is 11.9 Å². The SMILES string of the molecule is O=C(CCNc1n[nH]c(=O)[nH]c1=O)NN=Cc1ccccn1. The fourth-order valence-electron chi connectivity index (χ4n) is 1.44. The van der Waals surface area contributed by atoms with Gasteiger partial charge in [0.2, 0.25) is 11.7 Å². The minimum atomic E-state index is -0.697. The van der Waals surface area contributed by atoms with Crippen molar-refractivity contribution in [3.05, 3.63) is 50.9 Å². The topological polar surface area (TPSA) is 145 Å². The molecule has 2 aromatic rings. The summed E-state index contributed by atoms with van der Waals surface area (Å²) in [6, 6.07) is 5.31. The maximum Gasteiger partial charge on any atom is 0.342 e. The number of nitrogens with one attached hydrogen (secondary N) is 4. The maximum absolute atomic E-state index is 11.5. The summed E-state index contributed by atoms with van der Waals surface area (Å²) in [5.41, 5.74) is 1.59. The number of hydrogen-bond donors (Lipinski definition) is 4. The first-order chi connectivity index (χ1) is 10.6. The molecule has 2 heterocycles. The predicted molar refractivity (Wildman–Crippen MR) is 78.6 cm³/mol. The monoisotopic (exact) mass is 303 g/mol. The molecule has 2 rings (SSSR count). The van der Waals surface area contributed by atoms with Crippen LogP contribution >= 0.6 is 0 Å². The molecule has 0 spiro atoms. The van der Waals surface area contributed by atoms with E-state index in [1.54, 1.807) is 24.4 Å². The minimum absolute atomic E-state index is 0.0654. The van der Waals surface area contributed by atoms with Gasteiger partial charge in [-0.2, -0.15) is 5.10 Å². The number of carbonyl (C=O) groups is 1. The molecule has 10 heteroatoms. The van der Waals surface area contributed by atoms with Crippen molar-refractivity contribution >= 4 is 17.9 Å². The molecule has 10 nitrogen and oxygen atoms in total. The normalized spacial score (nSPS) is 10.5. The summed E-state index contributed by atoms with van der Waals surface area (Å²) in [7, 11) is 0. The Balaban J connectivity index is 1.75. The Bertz CT molecular complexity index is 766. The van der Waals surface area contributed by atoms with Gasteiger partial charge < -0.3 is 5.32 Å². The lowest BCUT2D eigenvalue weighted by Gasteiger charge is -2.02. The van der Waals surface area contributed by atoms with Crippen LogP contribution in [0.25, 0.3) is 0 Å². The lowest BCUT2D eigenvalue weighted by Crippen LogP contribution is -2.28. The molecule has 2 aromatic heterocycles. The molecule has 0 aliphatic heterocycles. The van der Waals surface area contributed by atoms with Crippen LogP contribution in [0.1, 0.15) is 12.1 Å². The number of rotatable bonds is 6. The number of carbonyl (C=O) groups excluding carboxylic acids is 1. The lowest BCUT2D eigenvalue weighted by molar-refractivity contribution is -0.120. The number of H-pyrrole nitrogens is 2. The molecule has 0 aliphatic carbocycles. The number of hydrazone groups is 1. The fraction of sp³-hybridized carbons (Fsp3) is 0.167. The van der Waals surface area contributed by atoms with Gasteiger partial charge >= 0.3 is 5.69 Å². The third kappa shape index (κ3) is 4.67. The summed E-state index contributed by atoms with van der Waals surface area (Å²) in [6.07, 6.45) is 3.10. The fourth-order valence-corrected chi connectivity index (χ4v) is 1.44. The van der Waals surface area contributed by atoms with E-state index in [1.807, 2.05) is 4.98 Å². The second kappa shape index (κ2) is 7.47. The van der Waals surface area contributed by atoms with Crippen LogP contribution in [0, 0.1) is 0 Å². The number of pyridine rings is 1. The molecule has 0 atom stereocenters. The Hall–Kier alpha value is -3.30. The van der Waals surface area contributed by atoms with Gasteiger partial charge in [0.15, 0.2) is 0 Å². The molecule has 0 bridgehead atoms. The number of anilines is 1. The van der Waals surface area contributed by atoms with Crippen LogP contribution in [0.5, 0.6) is 0 Å². The molecule has 0 aromatic carbocycles.